The van der Waals surface area contributed by atoms with Crippen LogP contribution in [0, 0.1) is 0 Å². The summed E-state index contributed by atoms with van der Waals surface area (Å²) < 4.78 is 0. The second-order valence-electron chi connectivity index (χ2n) is 6.08. The van der Waals surface area contributed by atoms with Gasteiger partial charge in [-0.05, 0) is 37.1 Å². The molecule has 1 aromatic carbocycles. The summed E-state index contributed by atoms with van der Waals surface area (Å²) in [5.74, 6) is 1.75. The molecule has 5 heteroatoms. The van der Waals surface area contributed by atoms with Crippen molar-refractivity contribution in [2.45, 2.75) is 19.3 Å². The molecule has 122 valence electrons. The van der Waals surface area contributed by atoms with E-state index < -0.39 is 0 Å². The highest BCUT2D eigenvalue weighted by atomic mass is 15.2. The third-order valence-corrected chi connectivity index (χ3v) is 4.38. The van der Waals surface area contributed by atoms with Gasteiger partial charge in [0.05, 0.1) is 5.52 Å². The van der Waals surface area contributed by atoms with E-state index in [-0.39, 0.29) is 0 Å². The first-order valence-electron chi connectivity index (χ1n) is 8.56. The van der Waals surface area contributed by atoms with Crippen molar-refractivity contribution in [1.29, 1.82) is 0 Å². The lowest BCUT2D eigenvalue weighted by molar-refractivity contribution is 0.919. The van der Waals surface area contributed by atoms with Crippen LogP contribution >= 0.6 is 0 Å². The van der Waals surface area contributed by atoms with Gasteiger partial charge in [0, 0.05) is 43.3 Å². The first-order chi connectivity index (χ1) is 11.9. The summed E-state index contributed by atoms with van der Waals surface area (Å²) in [6.45, 7) is 2.93. The number of fused-ring (bicyclic) bond motifs is 1. The van der Waals surface area contributed by atoms with Crippen LogP contribution in [0.1, 0.15) is 18.5 Å². The SMILES string of the molecule is c1ccc(CCNc2nc(N3CCCC3)c3ccccc3n2)nc1. The topological polar surface area (TPSA) is 53.9 Å². The Bertz CT molecular complexity index is 812. The number of hydrogen-bond acceptors (Lipinski definition) is 5. The molecule has 2 aromatic heterocycles. The van der Waals surface area contributed by atoms with Crippen LogP contribution in [0.4, 0.5) is 11.8 Å². The predicted octanol–water partition coefficient (Wildman–Crippen LogP) is 3.28. The highest BCUT2D eigenvalue weighted by molar-refractivity contribution is 5.90. The van der Waals surface area contributed by atoms with E-state index in [0.717, 1.165) is 48.5 Å². The molecule has 1 aliphatic rings. The maximum absolute atomic E-state index is 4.80. The number of nitrogens with zero attached hydrogens (tertiary/aromatic N) is 4. The Morgan fingerprint density at radius 1 is 0.958 bits per heavy atom. The van der Waals surface area contributed by atoms with E-state index in [4.69, 9.17) is 4.98 Å². The van der Waals surface area contributed by atoms with Crippen molar-refractivity contribution < 1.29 is 0 Å². The summed E-state index contributed by atoms with van der Waals surface area (Å²) in [6, 6.07) is 14.2. The second-order valence-corrected chi connectivity index (χ2v) is 6.08. The molecule has 0 saturated carbocycles. The Balaban J connectivity index is 1.56. The Kier molecular flexibility index (Phi) is 4.23. The lowest BCUT2D eigenvalue weighted by Gasteiger charge is -2.19. The molecule has 4 rings (SSSR count). The molecule has 1 aliphatic heterocycles. The number of benzene rings is 1. The van der Waals surface area contributed by atoms with Crippen molar-refractivity contribution in [1.82, 2.24) is 15.0 Å². The summed E-state index contributed by atoms with van der Waals surface area (Å²) in [5, 5.41) is 4.49. The number of rotatable bonds is 5. The molecule has 0 aliphatic carbocycles. The van der Waals surface area contributed by atoms with Crippen molar-refractivity contribution in [3.63, 3.8) is 0 Å². The van der Waals surface area contributed by atoms with Gasteiger partial charge < -0.3 is 10.2 Å². The summed E-state index contributed by atoms with van der Waals surface area (Å²) in [4.78, 5) is 16.2. The molecule has 3 heterocycles. The van der Waals surface area contributed by atoms with Crippen molar-refractivity contribution >= 4 is 22.7 Å². The van der Waals surface area contributed by atoms with Gasteiger partial charge >= 0.3 is 0 Å². The van der Waals surface area contributed by atoms with Crippen LogP contribution in [0.5, 0.6) is 0 Å². The van der Waals surface area contributed by atoms with Gasteiger partial charge in [0.2, 0.25) is 5.95 Å². The zero-order chi connectivity index (χ0) is 16.2. The monoisotopic (exact) mass is 319 g/mol. The molecule has 0 atom stereocenters. The third kappa shape index (κ3) is 3.15. The maximum Gasteiger partial charge on any atom is 0.225 e. The molecule has 5 nitrogen and oxygen atoms in total. The molecule has 1 saturated heterocycles. The number of aromatic nitrogens is 3. The van der Waals surface area contributed by atoms with Crippen molar-refractivity contribution in [3.05, 3.63) is 54.4 Å². The highest BCUT2D eigenvalue weighted by Crippen LogP contribution is 2.27. The zero-order valence-electron chi connectivity index (χ0n) is 13.7. The highest BCUT2D eigenvalue weighted by Gasteiger charge is 2.17. The fourth-order valence-electron chi connectivity index (χ4n) is 3.16. The summed E-state index contributed by atoms with van der Waals surface area (Å²) >= 11 is 0. The van der Waals surface area contributed by atoms with Crippen molar-refractivity contribution in [2.75, 3.05) is 29.9 Å². The van der Waals surface area contributed by atoms with Crippen molar-refractivity contribution in [3.8, 4) is 0 Å². The fraction of sp³-hybridized carbons (Fsp3) is 0.316. The minimum absolute atomic E-state index is 0.700. The summed E-state index contributed by atoms with van der Waals surface area (Å²) in [6.07, 6.45) is 5.16. The summed E-state index contributed by atoms with van der Waals surface area (Å²) in [7, 11) is 0. The van der Waals surface area contributed by atoms with E-state index in [1.54, 1.807) is 0 Å². The minimum atomic E-state index is 0.700. The lowest BCUT2D eigenvalue weighted by atomic mass is 10.2. The van der Waals surface area contributed by atoms with E-state index in [1.807, 2.05) is 30.5 Å². The van der Waals surface area contributed by atoms with Gasteiger partial charge in [-0.2, -0.15) is 4.98 Å². The number of hydrogen-bond donors (Lipinski definition) is 1. The average molecular weight is 319 g/mol. The van der Waals surface area contributed by atoms with Gasteiger partial charge in [0.1, 0.15) is 5.82 Å². The molecular formula is C19H21N5. The Labute approximate surface area is 141 Å². The number of nitrogens with one attached hydrogen (secondary N) is 1. The molecule has 0 radical (unpaired) electrons. The van der Waals surface area contributed by atoms with Gasteiger partial charge in [0.25, 0.3) is 0 Å². The Hall–Kier alpha value is -2.69. The van der Waals surface area contributed by atoms with E-state index in [9.17, 15) is 0 Å². The van der Waals surface area contributed by atoms with Gasteiger partial charge in [-0.1, -0.05) is 18.2 Å². The van der Waals surface area contributed by atoms with Crippen LogP contribution in [0.25, 0.3) is 10.9 Å². The molecule has 0 amide bonds. The summed E-state index contributed by atoms with van der Waals surface area (Å²) in [5.41, 5.74) is 2.07. The van der Waals surface area contributed by atoms with Gasteiger partial charge in [-0.3, -0.25) is 4.98 Å². The smallest absolute Gasteiger partial charge is 0.225 e. The number of pyridine rings is 1. The van der Waals surface area contributed by atoms with E-state index in [1.165, 1.54) is 12.8 Å². The molecule has 0 spiro atoms. The Morgan fingerprint density at radius 2 is 1.79 bits per heavy atom. The van der Waals surface area contributed by atoms with Crippen LogP contribution < -0.4 is 10.2 Å². The minimum Gasteiger partial charge on any atom is -0.356 e. The van der Waals surface area contributed by atoms with Gasteiger partial charge in [-0.25, -0.2) is 4.98 Å². The normalized spacial score (nSPS) is 14.2. The molecule has 1 fully saturated rings. The quantitative estimate of drug-likeness (QED) is 0.782. The first-order valence-corrected chi connectivity index (χ1v) is 8.56. The molecule has 24 heavy (non-hydrogen) atoms. The van der Waals surface area contributed by atoms with E-state index in [0.29, 0.717) is 5.95 Å². The lowest BCUT2D eigenvalue weighted by Crippen LogP contribution is -2.20. The average Bonchev–Trinajstić information content (AvgIpc) is 3.16. The number of para-hydroxylation sites is 1. The molecule has 1 N–H and O–H groups in total. The van der Waals surface area contributed by atoms with Crippen molar-refractivity contribution in [2.24, 2.45) is 0 Å². The largest absolute Gasteiger partial charge is 0.356 e. The van der Waals surface area contributed by atoms with Crippen LogP contribution in [0.15, 0.2) is 48.7 Å². The molecule has 3 aromatic rings. The van der Waals surface area contributed by atoms with Gasteiger partial charge in [0.15, 0.2) is 0 Å². The number of anilines is 2. The van der Waals surface area contributed by atoms with Crippen LogP contribution in [0.3, 0.4) is 0 Å². The predicted molar refractivity (Wildman–Crippen MR) is 97.4 cm³/mol. The standard InChI is InChI=1S/C19H21N5/c1-2-9-17-16(8-1)18(24-13-5-6-14-24)23-19(22-17)21-12-10-15-7-3-4-11-20-15/h1-4,7-9,11H,5-6,10,12-14H2,(H,21,22,23). The van der Waals surface area contributed by atoms with E-state index >= 15 is 0 Å². The third-order valence-electron chi connectivity index (χ3n) is 4.38. The van der Waals surface area contributed by atoms with Crippen LogP contribution in [-0.2, 0) is 6.42 Å². The maximum atomic E-state index is 4.80. The molecule has 0 unspecified atom stereocenters. The second kappa shape index (κ2) is 6.83. The van der Waals surface area contributed by atoms with Crippen LogP contribution in [-0.4, -0.2) is 34.6 Å². The Morgan fingerprint density at radius 3 is 2.62 bits per heavy atom. The fourth-order valence-corrected chi connectivity index (χ4v) is 3.16. The molecule has 0 bridgehead atoms. The first kappa shape index (κ1) is 14.9. The van der Waals surface area contributed by atoms with E-state index in [2.05, 4.69) is 38.4 Å². The zero-order valence-corrected chi connectivity index (χ0v) is 13.7. The molecular weight excluding hydrogens is 298 g/mol. The van der Waals surface area contributed by atoms with Crippen LogP contribution in [0.2, 0.25) is 0 Å². The van der Waals surface area contributed by atoms with Gasteiger partial charge in [-0.15, -0.1) is 0 Å².